The first kappa shape index (κ1) is 23.6. The van der Waals surface area contributed by atoms with E-state index in [-0.39, 0.29) is 30.2 Å². The van der Waals surface area contributed by atoms with E-state index < -0.39 is 22.5 Å². The number of carbonyl (C=O) groups excluding carboxylic acids is 2. The second-order valence-corrected chi connectivity index (χ2v) is 9.48. The fourth-order valence-corrected chi connectivity index (χ4v) is 4.92. The zero-order valence-corrected chi connectivity index (χ0v) is 19.2. The maximum Gasteiger partial charge on any atom is 0.417 e. The Hall–Kier alpha value is -2.59. The van der Waals surface area contributed by atoms with Crippen molar-refractivity contribution in [2.24, 2.45) is 0 Å². The topological polar surface area (TPSA) is 77.7 Å². The van der Waals surface area contributed by atoms with Crippen LogP contribution >= 0.6 is 22.9 Å². The van der Waals surface area contributed by atoms with Crippen LogP contribution in [-0.4, -0.2) is 31.1 Å². The van der Waals surface area contributed by atoms with Gasteiger partial charge in [0.25, 0.3) is 0 Å². The molecule has 0 unspecified atom stereocenters. The number of thiazole rings is 1. The zero-order chi connectivity index (χ0) is 23.8. The second-order valence-electron chi connectivity index (χ2n) is 8.01. The van der Waals surface area contributed by atoms with Crippen molar-refractivity contribution in [2.75, 3.05) is 0 Å². The molecule has 0 bridgehead atoms. The first-order chi connectivity index (χ1) is 15.6. The van der Waals surface area contributed by atoms with Crippen LogP contribution in [0.25, 0.3) is 0 Å². The summed E-state index contributed by atoms with van der Waals surface area (Å²) in [6.07, 6.45) is 2.15. The molecular weight excluding hydrogens is 477 g/mol. The molecule has 3 aromatic rings. The average Bonchev–Trinajstić information content (AvgIpc) is 3.42. The largest absolute Gasteiger partial charge is 0.417 e. The Morgan fingerprint density at radius 3 is 2.70 bits per heavy atom. The van der Waals surface area contributed by atoms with Gasteiger partial charge < -0.3 is 4.57 Å². The highest BCUT2D eigenvalue weighted by Crippen LogP contribution is 2.35. The van der Waals surface area contributed by atoms with Gasteiger partial charge in [0.2, 0.25) is 0 Å². The third kappa shape index (κ3) is 5.16. The molecule has 0 aliphatic carbocycles. The number of aromatic nitrogens is 4. The molecule has 33 heavy (non-hydrogen) atoms. The zero-order valence-electron chi connectivity index (χ0n) is 17.7. The Kier molecular flexibility index (Phi) is 6.67. The number of hydrogen-bond acceptors (Lipinski definition) is 6. The highest BCUT2D eigenvalue weighted by atomic mass is 35.5. The summed E-state index contributed by atoms with van der Waals surface area (Å²) >= 11 is 6.72. The van der Waals surface area contributed by atoms with Gasteiger partial charge in [0.15, 0.2) is 11.6 Å². The molecule has 1 atom stereocenters. The molecule has 174 valence electrons. The van der Waals surface area contributed by atoms with Crippen molar-refractivity contribution in [3.63, 3.8) is 0 Å². The van der Waals surface area contributed by atoms with E-state index in [1.54, 1.807) is 6.20 Å². The summed E-state index contributed by atoms with van der Waals surface area (Å²) < 4.78 is 41.1. The van der Waals surface area contributed by atoms with Crippen molar-refractivity contribution in [2.45, 2.75) is 57.7 Å². The quantitative estimate of drug-likeness (QED) is 0.401. The van der Waals surface area contributed by atoms with Gasteiger partial charge in [0.1, 0.15) is 11.5 Å². The lowest BCUT2D eigenvalue weighted by molar-refractivity contribution is -0.137. The highest BCUT2D eigenvalue weighted by Gasteiger charge is 2.34. The summed E-state index contributed by atoms with van der Waals surface area (Å²) in [6, 6.07) is 0.787. The lowest BCUT2D eigenvalue weighted by Gasteiger charge is -2.16. The molecule has 4 heterocycles. The van der Waals surface area contributed by atoms with E-state index in [1.807, 2.05) is 11.5 Å². The molecule has 0 saturated heterocycles. The molecule has 4 rings (SSSR count). The Bertz CT molecular complexity index is 1200. The number of carbonyl (C=O) groups is 2. The number of Topliss-reactive ketones (excluding diaryl/α,β-unsaturated/α-hetero) is 2. The first-order valence-electron chi connectivity index (χ1n) is 10.4. The molecule has 0 fully saturated rings. The Labute approximate surface area is 196 Å². The number of pyridine rings is 1. The predicted octanol–water partition coefficient (Wildman–Crippen LogP) is 5.55. The third-order valence-electron chi connectivity index (χ3n) is 5.53. The fourth-order valence-electron chi connectivity index (χ4n) is 3.80. The van der Waals surface area contributed by atoms with Crippen LogP contribution < -0.4 is 0 Å². The van der Waals surface area contributed by atoms with Gasteiger partial charge in [-0.25, -0.2) is 9.97 Å². The normalized spacial score (nSPS) is 14.7. The summed E-state index contributed by atoms with van der Waals surface area (Å²) in [5, 5.41) is 0.0989. The van der Waals surface area contributed by atoms with Gasteiger partial charge in [-0.05, 0) is 18.9 Å². The number of nitrogens with zero attached hydrogens (tertiary/aromatic N) is 4. The molecule has 1 aliphatic heterocycles. The Balaban J connectivity index is 1.43. The Morgan fingerprint density at radius 2 is 1.94 bits per heavy atom. The number of rotatable bonds is 7. The maximum atomic E-state index is 13.0. The lowest BCUT2D eigenvalue weighted by atomic mass is 10.0. The number of halogens is 4. The number of alkyl halides is 3. The van der Waals surface area contributed by atoms with Crippen LogP contribution in [0.5, 0.6) is 0 Å². The smallest absolute Gasteiger partial charge is 0.326 e. The standard InChI is InChI=1S/C22H20ClF3N4O2S/c1-12(6-17(31)16-10-28-20-4-2-3-5-30(16)20)21-29-11-19(33-21)18(32)8-13-7-14(22(24,25)26)15(23)9-27-13/h7,9-12H,2-6,8H2,1H3/t12-/m0/s1. The van der Waals surface area contributed by atoms with E-state index in [1.165, 1.54) is 6.20 Å². The number of ketones is 2. The van der Waals surface area contributed by atoms with Crippen LogP contribution in [0.3, 0.4) is 0 Å². The predicted molar refractivity (Wildman–Crippen MR) is 117 cm³/mol. The summed E-state index contributed by atoms with van der Waals surface area (Å²) in [7, 11) is 0. The van der Waals surface area contributed by atoms with Crippen LogP contribution in [0.15, 0.2) is 24.7 Å². The summed E-state index contributed by atoms with van der Waals surface area (Å²) in [5.74, 6) is 0.287. The minimum atomic E-state index is -4.63. The van der Waals surface area contributed by atoms with Crippen LogP contribution in [0.2, 0.25) is 5.02 Å². The average molecular weight is 497 g/mol. The summed E-state index contributed by atoms with van der Waals surface area (Å²) in [5.41, 5.74) is -0.458. The van der Waals surface area contributed by atoms with Gasteiger partial charge in [-0.15, -0.1) is 11.3 Å². The minimum absolute atomic E-state index is 0.0274. The summed E-state index contributed by atoms with van der Waals surface area (Å²) in [4.78, 5) is 38.2. The van der Waals surface area contributed by atoms with E-state index in [4.69, 9.17) is 11.6 Å². The van der Waals surface area contributed by atoms with Crippen LogP contribution in [0, 0.1) is 0 Å². The first-order valence-corrected chi connectivity index (χ1v) is 11.6. The number of aryl methyl sites for hydroxylation is 1. The van der Waals surface area contributed by atoms with Crippen molar-refractivity contribution in [1.29, 1.82) is 0 Å². The number of imidazole rings is 1. The minimum Gasteiger partial charge on any atom is -0.326 e. The Morgan fingerprint density at radius 1 is 1.15 bits per heavy atom. The number of fused-ring (bicyclic) bond motifs is 1. The SMILES string of the molecule is C[C@@H](CC(=O)c1cnc2n1CCCC2)c1ncc(C(=O)Cc2cc(C(F)(F)F)c(Cl)cn2)s1. The number of hydrogen-bond donors (Lipinski definition) is 0. The van der Waals surface area contributed by atoms with Gasteiger partial charge >= 0.3 is 6.18 Å². The maximum absolute atomic E-state index is 13.0. The van der Waals surface area contributed by atoms with Gasteiger partial charge in [-0.2, -0.15) is 13.2 Å². The molecule has 0 aromatic carbocycles. The van der Waals surface area contributed by atoms with E-state index in [0.29, 0.717) is 15.6 Å². The molecule has 6 nitrogen and oxygen atoms in total. The van der Waals surface area contributed by atoms with Crippen LogP contribution in [0.1, 0.15) is 74.4 Å². The molecule has 11 heteroatoms. The van der Waals surface area contributed by atoms with Gasteiger partial charge in [-0.3, -0.25) is 14.6 Å². The molecular formula is C22H20ClF3N4O2S. The van der Waals surface area contributed by atoms with E-state index >= 15 is 0 Å². The lowest BCUT2D eigenvalue weighted by Crippen LogP contribution is -2.17. The van der Waals surface area contributed by atoms with Gasteiger partial charge in [0.05, 0.1) is 33.1 Å². The van der Waals surface area contributed by atoms with Crippen molar-refractivity contribution < 1.29 is 22.8 Å². The van der Waals surface area contributed by atoms with Crippen molar-refractivity contribution in [3.05, 3.63) is 62.3 Å². The molecule has 0 N–H and O–H groups in total. The van der Waals surface area contributed by atoms with Crippen molar-refractivity contribution >= 4 is 34.5 Å². The van der Waals surface area contributed by atoms with Crippen molar-refractivity contribution in [1.82, 2.24) is 19.5 Å². The van der Waals surface area contributed by atoms with Gasteiger partial charge in [-0.1, -0.05) is 18.5 Å². The van der Waals surface area contributed by atoms with E-state index in [0.717, 1.165) is 55.2 Å². The third-order valence-corrected chi connectivity index (χ3v) is 7.10. The molecule has 1 aliphatic rings. The van der Waals surface area contributed by atoms with Crippen molar-refractivity contribution in [3.8, 4) is 0 Å². The second kappa shape index (κ2) is 9.34. The van der Waals surface area contributed by atoms with Crippen LogP contribution in [0.4, 0.5) is 13.2 Å². The van der Waals surface area contributed by atoms with E-state index in [9.17, 15) is 22.8 Å². The van der Waals surface area contributed by atoms with Crippen LogP contribution in [-0.2, 0) is 25.6 Å². The molecule has 0 radical (unpaired) electrons. The van der Waals surface area contributed by atoms with Gasteiger partial charge in [0, 0.05) is 43.4 Å². The fraction of sp³-hybridized carbons (Fsp3) is 0.409. The monoisotopic (exact) mass is 496 g/mol. The summed E-state index contributed by atoms with van der Waals surface area (Å²) in [6.45, 7) is 2.64. The molecule has 3 aromatic heterocycles. The molecule has 0 amide bonds. The molecule has 0 saturated carbocycles. The molecule has 0 spiro atoms. The van der Waals surface area contributed by atoms with E-state index in [2.05, 4.69) is 15.0 Å². The highest BCUT2D eigenvalue weighted by molar-refractivity contribution is 7.13.